The quantitative estimate of drug-likeness (QED) is 0.888. The fourth-order valence-electron chi connectivity index (χ4n) is 2.56. The highest BCUT2D eigenvalue weighted by Gasteiger charge is 2.29. The predicted molar refractivity (Wildman–Crippen MR) is 79.9 cm³/mol. The van der Waals surface area contributed by atoms with E-state index in [2.05, 4.69) is 4.72 Å². The van der Waals surface area contributed by atoms with Gasteiger partial charge in [-0.05, 0) is 50.3 Å². The van der Waals surface area contributed by atoms with E-state index < -0.39 is 16.0 Å². The topological polar surface area (TPSA) is 83.5 Å². The molecule has 5 nitrogen and oxygen atoms in total. The number of carboxylic acids is 1. The number of rotatable bonds is 4. The summed E-state index contributed by atoms with van der Waals surface area (Å²) < 4.78 is 27.3. The lowest BCUT2D eigenvalue weighted by Crippen LogP contribution is -2.38. The van der Waals surface area contributed by atoms with Gasteiger partial charge in [0.1, 0.15) is 4.90 Å². The van der Waals surface area contributed by atoms with Gasteiger partial charge in [-0.3, -0.25) is 4.79 Å². The van der Waals surface area contributed by atoms with Gasteiger partial charge >= 0.3 is 5.97 Å². The zero-order valence-electron chi connectivity index (χ0n) is 11.7. The summed E-state index contributed by atoms with van der Waals surface area (Å²) in [6, 6.07) is 4.56. The molecular formula is C14H18ClNO4S. The summed E-state index contributed by atoms with van der Waals surface area (Å²) >= 11 is 6.00. The van der Waals surface area contributed by atoms with Gasteiger partial charge < -0.3 is 5.11 Å². The average Bonchev–Trinajstić information content (AvgIpc) is 2.38. The van der Waals surface area contributed by atoms with Gasteiger partial charge in [0.05, 0.1) is 10.9 Å². The second-order valence-electron chi connectivity index (χ2n) is 5.44. The Balaban J connectivity index is 2.07. The van der Waals surface area contributed by atoms with Gasteiger partial charge in [-0.1, -0.05) is 17.7 Å². The Morgan fingerprint density at radius 3 is 2.43 bits per heavy atom. The molecule has 1 aliphatic carbocycles. The minimum atomic E-state index is -3.67. The number of carboxylic acid groups (broad SMARTS) is 1. The molecule has 0 spiro atoms. The summed E-state index contributed by atoms with van der Waals surface area (Å²) in [5.41, 5.74) is 0.890. The van der Waals surface area contributed by atoms with Crippen molar-refractivity contribution in [1.29, 1.82) is 0 Å². The zero-order valence-corrected chi connectivity index (χ0v) is 13.2. The zero-order chi connectivity index (χ0) is 15.6. The van der Waals surface area contributed by atoms with Crippen molar-refractivity contribution < 1.29 is 18.3 Å². The van der Waals surface area contributed by atoms with Crippen molar-refractivity contribution in [1.82, 2.24) is 4.72 Å². The molecule has 116 valence electrons. The molecule has 2 N–H and O–H groups in total. The lowest BCUT2D eigenvalue weighted by atomic mass is 9.87. The molecule has 1 aromatic rings. The molecule has 1 aromatic carbocycles. The Morgan fingerprint density at radius 2 is 1.90 bits per heavy atom. The first kappa shape index (κ1) is 16.3. The largest absolute Gasteiger partial charge is 0.481 e. The molecule has 0 heterocycles. The highest BCUT2D eigenvalue weighted by molar-refractivity contribution is 7.89. The third kappa shape index (κ3) is 3.96. The number of aryl methyl sites for hydroxylation is 1. The monoisotopic (exact) mass is 331 g/mol. The maximum absolute atomic E-state index is 12.3. The van der Waals surface area contributed by atoms with E-state index >= 15 is 0 Å². The highest BCUT2D eigenvalue weighted by Crippen LogP contribution is 2.27. The standard InChI is InChI=1S/C14H18ClNO4S/c1-9-2-7-13(12(15)8-9)21(19,20)16-11-5-3-10(4-6-11)14(17)18/h2,7-8,10-11,16H,3-6H2,1H3,(H,17,18). The summed E-state index contributed by atoms with van der Waals surface area (Å²) in [6.07, 6.45) is 2.04. The van der Waals surface area contributed by atoms with Crippen molar-refractivity contribution in [2.75, 3.05) is 0 Å². The minimum absolute atomic E-state index is 0.0649. The number of halogens is 1. The van der Waals surface area contributed by atoms with Crippen LogP contribution in [0, 0.1) is 12.8 Å². The molecule has 0 unspecified atom stereocenters. The molecule has 0 aromatic heterocycles. The molecule has 0 aliphatic heterocycles. The van der Waals surface area contributed by atoms with Crippen molar-refractivity contribution in [3.05, 3.63) is 28.8 Å². The van der Waals surface area contributed by atoms with Gasteiger partial charge in [0.25, 0.3) is 0 Å². The molecule has 0 amide bonds. The number of hydrogen-bond acceptors (Lipinski definition) is 3. The Labute approximate surface area is 129 Å². The first-order valence-electron chi connectivity index (χ1n) is 6.81. The smallest absolute Gasteiger partial charge is 0.306 e. The molecule has 1 aliphatic rings. The van der Waals surface area contributed by atoms with E-state index in [1.54, 1.807) is 12.1 Å². The molecule has 21 heavy (non-hydrogen) atoms. The SMILES string of the molecule is Cc1ccc(S(=O)(=O)NC2CCC(C(=O)O)CC2)c(Cl)c1. The molecule has 7 heteroatoms. The van der Waals surface area contributed by atoms with E-state index in [4.69, 9.17) is 16.7 Å². The van der Waals surface area contributed by atoms with Crippen LogP contribution in [0.1, 0.15) is 31.2 Å². The normalized spacial score (nSPS) is 23.0. The van der Waals surface area contributed by atoms with Crippen LogP contribution in [-0.4, -0.2) is 25.5 Å². The fourth-order valence-corrected chi connectivity index (χ4v) is 4.47. The summed E-state index contributed by atoms with van der Waals surface area (Å²) in [5.74, 6) is -1.17. The Hall–Kier alpha value is -1.11. The number of benzene rings is 1. The van der Waals surface area contributed by atoms with Crippen LogP contribution in [0.2, 0.25) is 5.02 Å². The van der Waals surface area contributed by atoms with Gasteiger partial charge in [0.2, 0.25) is 10.0 Å². The van der Waals surface area contributed by atoms with Gasteiger partial charge in [-0.25, -0.2) is 13.1 Å². The van der Waals surface area contributed by atoms with Crippen LogP contribution in [-0.2, 0) is 14.8 Å². The molecular weight excluding hydrogens is 314 g/mol. The third-order valence-corrected chi connectivity index (χ3v) is 5.78. The number of hydrogen-bond donors (Lipinski definition) is 2. The number of carbonyl (C=O) groups is 1. The van der Waals surface area contributed by atoms with Gasteiger partial charge in [0.15, 0.2) is 0 Å². The van der Waals surface area contributed by atoms with E-state index in [0.717, 1.165) is 5.56 Å². The number of nitrogens with one attached hydrogen (secondary N) is 1. The number of aliphatic carboxylic acids is 1. The van der Waals surface area contributed by atoms with Gasteiger partial charge in [-0.15, -0.1) is 0 Å². The maximum atomic E-state index is 12.3. The molecule has 1 fully saturated rings. The average molecular weight is 332 g/mol. The van der Waals surface area contributed by atoms with Crippen LogP contribution in [0.15, 0.2) is 23.1 Å². The van der Waals surface area contributed by atoms with Gasteiger partial charge in [0, 0.05) is 6.04 Å². The Bertz CT molecular complexity index is 636. The van der Waals surface area contributed by atoms with Crippen LogP contribution in [0.5, 0.6) is 0 Å². The van der Waals surface area contributed by atoms with Crippen LogP contribution in [0.25, 0.3) is 0 Å². The molecule has 0 bridgehead atoms. The van der Waals surface area contributed by atoms with E-state index in [-0.39, 0.29) is 21.9 Å². The van der Waals surface area contributed by atoms with Crippen molar-refractivity contribution >= 4 is 27.6 Å². The minimum Gasteiger partial charge on any atom is -0.481 e. The van der Waals surface area contributed by atoms with E-state index in [1.807, 2.05) is 6.92 Å². The van der Waals surface area contributed by atoms with Gasteiger partial charge in [-0.2, -0.15) is 0 Å². The van der Waals surface area contributed by atoms with E-state index in [9.17, 15) is 13.2 Å². The van der Waals surface area contributed by atoms with Crippen LogP contribution >= 0.6 is 11.6 Å². The predicted octanol–water partition coefficient (Wildman–Crippen LogP) is 2.57. The molecule has 2 rings (SSSR count). The fraction of sp³-hybridized carbons (Fsp3) is 0.500. The van der Waals surface area contributed by atoms with E-state index in [0.29, 0.717) is 25.7 Å². The molecule has 1 saturated carbocycles. The van der Waals surface area contributed by atoms with Crippen LogP contribution in [0.3, 0.4) is 0 Å². The second-order valence-corrected chi connectivity index (χ2v) is 7.53. The van der Waals surface area contributed by atoms with Crippen molar-refractivity contribution in [3.8, 4) is 0 Å². The maximum Gasteiger partial charge on any atom is 0.306 e. The number of sulfonamides is 1. The first-order valence-corrected chi connectivity index (χ1v) is 8.67. The third-order valence-electron chi connectivity index (χ3n) is 3.78. The lowest BCUT2D eigenvalue weighted by Gasteiger charge is -2.26. The Morgan fingerprint density at radius 1 is 1.29 bits per heavy atom. The van der Waals surface area contributed by atoms with Crippen molar-refractivity contribution in [2.45, 2.75) is 43.5 Å². The highest BCUT2D eigenvalue weighted by atomic mass is 35.5. The lowest BCUT2D eigenvalue weighted by molar-refractivity contribution is -0.142. The first-order chi connectivity index (χ1) is 9.79. The summed E-state index contributed by atoms with van der Waals surface area (Å²) in [7, 11) is -3.67. The summed E-state index contributed by atoms with van der Waals surface area (Å²) in [4.78, 5) is 11.0. The van der Waals surface area contributed by atoms with Crippen LogP contribution in [0.4, 0.5) is 0 Å². The summed E-state index contributed by atoms with van der Waals surface area (Å²) in [6.45, 7) is 1.84. The van der Waals surface area contributed by atoms with Crippen molar-refractivity contribution in [2.24, 2.45) is 5.92 Å². The molecule has 0 radical (unpaired) electrons. The summed E-state index contributed by atoms with van der Waals surface area (Å²) in [5, 5.41) is 9.14. The second kappa shape index (κ2) is 6.34. The van der Waals surface area contributed by atoms with E-state index in [1.165, 1.54) is 6.07 Å². The van der Waals surface area contributed by atoms with Crippen molar-refractivity contribution in [3.63, 3.8) is 0 Å². The van der Waals surface area contributed by atoms with Crippen LogP contribution < -0.4 is 4.72 Å². The Kier molecular flexibility index (Phi) is 4.91. The molecule has 0 atom stereocenters. The molecule has 0 saturated heterocycles.